The summed E-state index contributed by atoms with van der Waals surface area (Å²) < 4.78 is 40.6. The van der Waals surface area contributed by atoms with Crippen LogP contribution < -0.4 is 4.74 Å². The molecule has 6 heteroatoms. The van der Waals surface area contributed by atoms with Crippen LogP contribution in [0.4, 0.5) is 13.6 Å². The average Bonchev–Trinajstić information content (AvgIpc) is 2.69. The molecule has 0 spiro atoms. The van der Waals surface area contributed by atoms with Crippen molar-refractivity contribution in [2.75, 3.05) is 0 Å². The van der Waals surface area contributed by atoms with E-state index in [1.165, 1.54) is 6.07 Å². The lowest BCUT2D eigenvalue weighted by molar-refractivity contribution is 0.116. The molecule has 0 bridgehead atoms. The van der Waals surface area contributed by atoms with Crippen molar-refractivity contribution in [1.82, 2.24) is 4.57 Å². The Morgan fingerprint density at radius 2 is 1.83 bits per heavy atom. The first kappa shape index (κ1) is 17.2. The summed E-state index contributed by atoms with van der Waals surface area (Å²) in [5.41, 5.74) is -0.176. The predicted octanol–water partition coefficient (Wildman–Crippen LogP) is 4.80. The minimum Gasteiger partial charge on any atom is -0.482 e. The van der Waals surface area contributed by atoms with E-state index in [2.05, 4.69) is 0 Å². The van der Waals surface area contributed by atoms with Gasteiger partial charge < -0.3 is 9.47 Å². The maximum absolute atomic E-state index is 14.6. The number of aromatic nitrogens is 1. The largest absolute Gasteiger partial charge is 0.482 e. The number of carbonyl (C=O) groups is 1. The van der Waals surface area contributed by atoms with Gasteiger partial charge in [0.15, 0.2) is 17.4 Å². The zero-order valence-corrected chi connectivity index (χ0v) is 14.2. The molecule has 0 aliphatic heterocycles. The molecule has 0 N–H and O–H groups in total. The number of hydrogen-bond acceptors (Lipinski definition) is 3. The van der Waals surface area contributed by atoms with Crippen LogP contribution in [0.25, 0.3) is 10.9 Å². The van der Waals surface area contributed by atoms with Crippen LogP contribution in [0.5, 0.6) is 5.75 Å². The van der Waals surface area contributed by atoms with Gasteiger partial charge >= 0.3 is 6.09 Å². The first-order valence-corrected chi connectivity index (χ1v) is 7.41. The molecule has 0 amide bonds. The summed E-state index contributed by atoms with van der Waals surface area (Å²) in [6, 6.07) is 2.56. The van der Waals surface area contributed by atoms with Gasteiger partial charge in [0, 0.05) is 17.1 Å². The molecule has 0 atom stereocenters. The van der Waals surface area contributed by atoms with Crippen molar-refractivity contribution >= 4 is 17.0 Å². The third-order valence-electron chi connectivity index (χ3n) is 3.07. The zero-order chi connectivity index (χ0) is 17.5. The van der Waals surface area contributed by atoms with Crippen molar-refractivity contribution in [2.45, 2.75) is 53.2 Å². The van der Waals surface area contributed by atoms with Gasteiger partial charge in [-0.25, -0.2) is 18.1 Å². The summed E-state index contributed by atoms with van der Waals surface area (Å²) in [6.07, 6.45) is -1.01. The second kappa shape index (κ2) is 5.83. The van der Waals surface area contributed by atoms with Gasteiger partial charge in [0.1, 0.15) is 5.60 Å². The molecule has 2 aromatic rings. The summed E-state index contributed by atoms with van der Waals surface area (Å²) in [6.45, 7) is 10.1. The SMILES string of the molecule is Cc1cc2c(F)c(OC(C)(C)C)c(F)cc2n1C(=O)OC(C)C. The maximum Gasteiger partial charge on any atom is 0.418 e. The predicted molar refractivity (Wildman–Crippen MR) is 84.0 cm³/mol. The van der Waals surface area contributed by atoms with E-state index in [1.807, 2.05) is 0 Å². The first-order chi connectivity index (χ1) is 10.5. The van der Waals surface area contributed by atoms with E-state index in [0.717, 1.165) is 10.6 Å². The van der Waals surface area contributed by atoms with Crippen LogP contribution in [0.1, 0.15) is 40.3 Å². The van der Waals surface area contributed by atoms with Gasteiger partial charge in [0.25, 0.3) is 0 Å². The van der Waals surface area contributed by atoms with Gasteiger partial charge in [0.05, 0.1) is 11.6 Å². The standard InChI is InChI=1S/C17H21F2NO3/c1-9(2)22-16(21)20-10(3)7-11-13(20)8-12(18)15(14(11)19)23-17(4,5)6/h7-9H,1-6H3. The molecule has 0 saturated heterocycles. The number of nitrogens with zero attached hydrogens (tertiary/aromatic N) is 1. The summed E-state index contributed by atoms with van der Waals surface area (Å²) in [4.78, 5) is 12.2. The van der Waals surface area contributed by atoms with Crippen LogP contribution in [0, 0.1) is 18.6 Å². The molecule has 4 nitrogen and oxygen atoms in total. The first-order valence-electron chi connectivity index (χ1n) is 7.41. The Morgan fingerprint density at radius 3 is 2.35 bits per heavy atom. The van der Waals surface area contributed by atoms with E-state index < -0.39 is 29.1 Å². The number of rotatable bonds is 2. The lowest BCUT2D eigenvalue weighted by atomic mass is 10.1. The molecule has 1 aromatic heterocycles. The molecule has 0 aliphatic rings. The van der Waals surface area contributed by atoms with Crippen molar-refractivity contribution in [3.63, 3.8) is 0 Å². The molecule has 0 radical (unpaired) electrons. The quantitative estimate of drug-likeness (QED) is 0.796. The minimum absolute atomic E-state index is 0.115. The van der Waals surface area contributed by atoms with E-state index in [0.29, 0.717) is 5.69 Å². The van der Waals surface area contributed by atoms with E-state index in [-0.39, 0.29) is 17.0 Å². The summed E-state index contributed by atoms with van der Waals surface area (Å²) >= 11 is 0. The highest BCUT2D eigenvalue weighted by Crippen LogP contribution is 2.34. The van der Waals surface area contributed by atoms with Gasteiger partial charge in [-0.3, -0.25) is 0 Å². The van der Waals surface area contributed by atoms with Crippen LogP contribution in [-0.2, 0) is 4.74 Å². The fraction of sp³-hybridized carbons (Fsp3) is 0.471. The molecule has 0 unspecified atom stereocenters. The smallest absolute Gasteiger partial charge is 0.418 e. The van der Waals surface area contributed by atoms with Gasteiger partial charge in [-0.05, 0) is 47.6 Å². The molecule has 0 aliphatic carbocycles. The Morgan fingerprint density at radius 1 is 1.22 bits per heavy atom. The minimum atomic E-state index is -0.860. The van der Waals surface area contributed by atoms with Crippen LogP contribution in [0.2, 0.25) is 0 Å². The monoisotopic (exact) mass is 325 g/mol. The Kier molecular flexibility index (Phi) is 4.37. The van der Waals surface area contributed by atoms with Crippen LogP contribution >= 0.6 is 0 Å². The lowest BCUT2D eigenvalue weighted by Gasteiger charge is -2.22. The van der Waals surface area contributed by atoms with Crippen molar-refractivity contribution in [1.29, 1.82) is 0 Å². The fourth-order valence-corrected chi connectivity index (χ4v) is 2.29. The lowest BCUT2D eigenvalue weighted by Crippen LogP contribution is -2.24. The fourth-order valence-electron chi connectivity index (χ4n) is 2.29. The molecule has 0 fully saturated rings. The topological polar surface area (TPSA) is 40.5 Å². The Hall–Kier alpha value is -2.11. The summed E-state index contributed by atoms with van der Waals surface area (Å²) in [5, 5.41) is 0.115. The van der Waals surface area contributed by atoms with Gasteiger partial charge in [0.2, 0.25) is 0 Å². The highest BCUT2D eigenvalue weighted by atomic mass is 19.1. The van der Waals surface area contributed by atoms with E-state index >= 15 is 0 Å². The number of ether oxygens (including phenoxy) is 2. The highest BCUT2D eigenvalue weighted by Gasteiger charge is 2.25. The van der Waals surface area contributed by atoms with Crippen LogP contribution in [0.3, 0.4) is 0 Å². The molecule has 23 heavy (non-hydrogen) atoms. The van der Waals surface area contributed by atoms with Crippen molar-refractivity contribution in [3.8, 4) is 5.75 Å². The number of hydrogen-bond donors (Lipinski definition) is 0. The Bertz CT molecular complexity index is 758. The van der Waals surface area contributed by atoms with E-state index in [4.69, 9.17) is 9.47 Å². The molecule has 1 heterocycles. The average molecular weight is 325 g/mol. The Balaban J connectivity index is 2.63. The number of halogens is 2. The van der Waals surface area contributed by atoms with Gasteiger partial charge in [-0.15, -0.1) is 0 Å². The second-order valence-electron chi connectivity index (χ2n) is 6.70. The number of carbonyl (C=O) groups excluding carboxylic acids is 1. The highest BCUT2D eigenvalue weighted by molar-refractivity contribution is 5.92. The summed E-state index contributed by atoms with van der Waals surface area (Å²) in [5.74, 6) is -2.13. The third kappa shape index (κ3) is 3.46. The van der Waals surface area contributed by atoms with Crippen molar-refractivity contribution in [2.24, 2.45) is 0 Å². The second-order valence-corrected chi connectivity index (χ2v) is 6.70. The molecule has 0 saturated carbocycles. The van der Waals surface area contributed by atoms with Gasteiger partial charge in [-0.2, -0.15) is 0 Å². The number of aryl methyl sites for hydroxylation is 1. The van der Waals surface area contributed by atoms with Crippen molar-refractivity contribution < 1.29 is 23.0 Å². The molecule has 126 valence electrons. The third-order valence-corrected chi connectivity index (χ3v) is 3.07. The van der Waals surface area contributed by atoms with Crippen molar-refractivity contribution in [3.05, 3.63) is 29.5 Å². The number of benzene rings is 1. The maximum atomic E-state index is 14.6. The van der Waals surface area contributed by atoms with E-state index in [1.54, 1.807) is 41.5 Å². The molecular formula is C17H21F2NO3. The number of fused-ring (bicyclic) bond motifs is 1. The molecule has 2 rings (SSSR count). The normalized spacial score (nSPS) is 12.0. The van der Waals surface area contributed by atoms with E-state index in [9.17, 15) is 13.6 Å². The Labute approximate surface area is 134 Å². The summed E-state index contributed by atoms with van der Waals surface area (Å²) in [7, 11) is 0. The zero-order valence-electron chi connectivity index (χ0n) is 14.2. The molecular weight excluding hydrogens is 304 g/mol. The van der Waals surface area contributed by atoms with Gasteiger partial charge in [-0.1, -0.05) is 0 Å². The molecule has 1 aromatic carbocycles. The van der Waals surface area contributed by atoms with Crippen LogP contribution in [-0.4, -0.2) is 22.4 Å². The van der Waals surface area contributed by atoms with Crippen LogP contribution in [0.15, 0.2) is 12.1 Å².